The summed E-state index contributed by atoms with van der Waals surface area (Å²) in [5.41, 5.74) is 1.76. The molecular formula is C12H18N2O2. The molecular weight excluding hydrogens is 204 g/mol. The molecule has 1 saturated heterocycles. The highest BCUT2D eigenvalue weighted by Crippen LogP contribution is 2.20. The predicted molar refractivity (Wildman–Crippen MR) is 62.3 cm³/mol. The largest absolute Gasteiger partial charge is 0.393 e. The predicted octanol–water partition coefficient (Wildman–Crippen LogP) is 1.10. The molecule has 0 bridgehead atoms. The second kappa shape index (κ2) is 4.80. The lowest BCUT2D eigenvalue weighted by molar-refractivity contribution is 0.145. The fourth-order valence-corrected chi connectivity index (χ4v) is 1.96. The van der Waals surface area contributed by atoms with Gasteiger partial charge in [-0.25, -0.2) is 0 Å². The van der Waals surface area contributed by atoms with Gasteiger partial charge in [0.2, 0.25) is 0 Å². The fourth-order valence-electron chi connectivity index (χ4n) is 1.96. The van der Waals surface area contributed by atoms with Gasteiger partial charge in [-0.1, -0.05) is 0 Å². The van der Waals surface area contributed by atoms with Crippen molar-refractivity contribution in [3.8, 4) is 0 Å². The van der Waals surface area contributed by atoms with Gasteiger partial charge in [-0.15, -0.1) is 0 Å². The van der Waals surface area contributed by atoms with Gasteiger partial charge in [-0.3, -0.25) is 4.98 Å². The van der Waals surface area contributed by atoms with Crippen molar-refractivity contribution in [2.45, 2.75) is 32.0 Å². The molecule has 1 aliphatic rings. The van der Waals surface area contributed by atoms with Crippen LogP contribution >= 0.6 is 0 Å². The van der Waals surface area contributed by atoms with E-state index in [9.17, 15) is 10.2 Å². The zero-order valence-corrected chi connectivity index (χ0v) is 9.50. The number of rotatable bonds is 2. The first-order valence-corrected chi connectivity index (χ1v) is 5.74. The Morgan fingerprint density at radius 3 is 2.56 bits per heavy atom. The van der Waals surface area contributed by atoms with Crippen molar-refractivity contribution in [2.75, 3.05) is 18.0 Å². The van der Waals surface area contributed by atoms with Gasteiger partial charge in [0, 0.05) is 13.1 Å². The molecule has 0 spiro atoms. The molecule has 0 saturated carbocycles. The minimum Gasteiger partial charge on any atom is -0.393 e. The van der Waals surface area contributed by atoms with Gasteiger partial charge in [0.15, 0.2) is 0 Å². The summed E-state index contributed by atoms with van der Waals surface area (Å²) >= 11 is 0. The number of hydrogen-bond acceptors (Lipinski definition) is 4. The summed E-state index contributed by atoms with van der Waals surface area (Å²) in [6.07, 6.45) is 2.76. The summed E-state index contributed by atoms with van der Waals surface area (Å²) in [5, 5.41) is 18.8. The molecule has 2 rings (SSSR count). The normalized spacial score (nSPS) is 19.8. The number of piperidine rings is 1. The Balaban J connectivity index is 2.04. The molecule has 1 atom stereocenters. The first-order valence-electron chi connectivity index (χ1n) is 5.74. The third kappa shape index (κ3) is 2.51. The number of aliphatic hydroxyl groups is 2. The Bertz CT molecular complexity index is 329. The Labute approximate surface area is 95.5 Å². The molecule has 1 aliphatic heterocycles. The third-order valence-electron chi connectivity index (χ3n) is 3.03. The van der Waals surface area contributed by atoms with Crippen molar-refractivity contribution in [1.82, 2.24) is 4.98 Å². The molecule has 0 unspecified atom stereocenters. The Kier molecular flexibility index (Phi) is 3.41. The summed E-state index contributed by atoms with van der Waals surface area (Å²) in [4.78, 5) is 6.43. The van der Waals surface area contributed by atoms with Crippen LogP contribution in [0.1, 0.15) is 31.6 Å². The molecule has 1 aromatic rings. The molecule has 88 valence electrons. The van der Waals surface area contributed by atoms with Crippen molar-refractivity contribution in [3.63, 3.8) is 0 Å². The van der Waals surface area contributed by atoms with E-state index in [-0.39, 0.29) is 6.10 Å². The molecule has 0 aromatic carbocycles. The first kappa shape index (κ1) is 11.4. The molecule has 16 heavy (non-hydrogen) atoms. The topological polar surface area (TPSA) is 56.6 Å². The Morgan fingerprint density at radius 2 is 2.06 bits per heavy atom. The van der Waals surface area contributed by atoms with Crippen molar-refractivity contribution in [3.05, 3.63) is 24.0 Å². The maximum Gasteiger partial charge on any atom is 0.0931 e. The molecule has 2 heterocycles. The summed E-state index contributed by atoms with van der Waals surface area (Å²) in [6.45, 7) is 3.45. The van der Waals surface area contributed by atoms with E-state index in [0.29, 0.717) is 5.69 Å². The molecule has 4 heteroatoms. The van der Waals surface area contributed by atoms with Gasteiger partial charge in [0.25, 0.3) is 0 Å². The van der Waals surface area contributed by atoms with Crippen LogP contribution in [0.3, 0.4) is 0 Å². The van der Waals surface area contributed by atoms with Gasteiger partial charge in [-0.2, -0.15) is 0 Å². The van der Waals surface area contributed by atoms with Crippen molar-refractivity contribution >= 4 is 5.69 Å². The zero-order valence-electron chi connectivity index (χ0n) is 9.50. The van der Waals surface area contributed by atoms with Gasteiger partial charge in [0.1, 0.15) is 0 Å². The van der Waals surface area contributed by atoms with Gasteiger partial charge in [0.05, 0.1) is 29.8 Å². The highest BCUT2D eigenvalue weighted by atomic mass is 16.3. The van der Waals surface area contributed by atoms with Gasteiger partial charge in [-0.05, 0) is 31.9 Å². The van der Waals surface area contributed by atoms with E-state index < -0.39 is 6.10 Å². The van der Waals surface area contributed by atoms with Crippen LogP contribution < -0.4 is 4.90 Å². The summed E-state index contributed by atoms with van der Waals surface area (Å²) in [7, 11) is 0. The highest BCUT2D eigenvalue weighted by molar-refractivity contribution is 5.45. The van der Waals surface area contributed by atoms with E-state index >= 15 is 0 Å². The van der Waals surface area contributed by atoms with Crippen LogP contribution in [-0.2, 0) is 0 Å². The van der Waals surface area contributed by atoms with E-state index in [0.717, 1.165) is 31.6 Å². The van der Waals surface area contributed by atoms with E-state index in [1.54, 1.807) is 13.1 Å². The van der Waals surface area contributed by atoms with Crippen LogP contribution in [0.15, 0.2) is 18.3 Å². The molecule has 2 N–H and O–H groups in total. The van der Waals surface area contributed by atoms with Gasteiger partial charge < -0.3 is 15.1 Å². The average Bonchev–Trinajstić information content (AvgIpc) is 2.30. The fraction of sp³-hybridized carbons (Fsp3) is 0.583. The second-order valence-electron chi connectivity index (χ2n) is 4.34. The molecule has 0 radical (unpaired) electrons. The van der Waals surface area contributed by atoms with Crippen molar-refractivity contribution < 1.29 is 10.2 Å². The maximum absolute atomic E-state index is 9.42. The summed E-state index contributed by atoms with van der Waals surface area (Å²) < 4.78 is 0. The molecule has 0 amide bonds. The number of hydrogen-bond donors (Lipinski definition) is 2. The van der Waals surface area contributed by atoms with Gasteiger partial charge >= 0.3 is 0 Å². The van der Waals surface area contributed by atoms with Crippen molar-refractivity contribution in [1.29, 1.82) is 0 Å². The van der Waals surface area contributed by atoms with Crippen LogP contribution in [0, 0.1) is 0 Å². The highest BCUT2D eigenvalue weighted by Gasteiger charge is 2.17. The minimum atomic E-state index is -0.516. The maximum atomic E-state index is 9.42. The minimum absolute atomic E-state index is 0.152. The van der Waals surface area contributed by atoms with Crippen LogP contribution in [-0.4, -0.2) is 34.4 Å². The Hall–Kier alpha value is -1.13. The lowest BCUT2D eigenvalue weighted by Crippen LogP contribution is -2.35. The average molecular weight is 222 g/mol. The molecule has 0 aliphatic carbocycles. The van der Waals surface area contributed by atoms with E-state index in [4.69, 9.17) is 0 Å². The van der Waals surface area contributed by atoms with Crippen LogP contribution in [0.2, 0.25) is 0 Å². The lowest BCUT2D eigenvalue weighted by Gasteiger charge is -2.31. The van der Waals surface area contributed by atoms with E-state index in [2.05, 4.69) is 9.88 Å². The summed E-state index contributed by atoms with van der Waals surface area (Å²) in [5.74, 6) is 0. The number of pyridine rings is 1. The smallest absolute Gasteiger partial charge is 0.0931 e. The first-order chi connectivity index (χ1) is 7.66. The Morgan fingerprint density at radius 1 is 1.38 bits per heavy atom. The monoisotopic (exact) mass is 222 g/mol. The quantitative estimate of drug-likeness (QED) is 0.786. The van der Waals surface area contributed by atoms with E-state index in [1.807, 2.05) is 12.1 Å². The van der Waals surface area contributed by atoms with Crippen LogP contribution in [0.25, 0.3) is 0 Å². The van der Waals surface area contributed by atoms with Crippen LogP contribution in [0.5, 0.6) is 0 Å². The number of anilines is 1. The molecule has 1 aromatic heterocycles. The number of aliphatic hydroxyl groups excluding tert-OH is 2. The lowest BCUT2D eigenvalue weighted by atomic mass is 10.1. The standard InChI is InChI=1S/C12H18N2O2/c1-9(15)12-3-2-10(8-13-12)14-6-4-11(16)5-7-14/h2-3,8-9,11,15-16H,4-7H2,1H3/t9-/m0/s1. The molecule has 4 nitrogen and oxygen atoms in total. The number of nitrogens with zero attached hydrogens (tertiary/aromatic N) is 2. The SMILES string of the molecule is C[C@H](O)c1ccc(N2CCC(O)CC2)cn1. The van der Waals surface area contributed by atoms with Crippen LogP contribution in [0.4, 0.5) is 5.69 Å². The molecule has 1 fully saturated rings. The third-order valence-corrected chi connectivity index (χ3v) is 3.03. The number of aromatic nitrogens is 1. The van der Waals surface area contributed by atoms with Crippen molar-refractivity contribution in [2.24, 2.45) is 0 Å². The van der Waals surface area contributed by atoms with E-state index in [1.165, 1.54) is 0 Å². The summed E-state index contributed by atoms with van der Waals surface area (Å²) in [6, 6.07) is 3.83. The second-order valence-corrected chi connectivity index (χ2v) is 4.34. The zero-order chi connectivity index (χ0) is 11.5.